The first-order valence-electron chi connectivity index (χ1n) is 18.7. The van der Waals surface area contributed by atoms with Crippen LogP contribution in [0.3, 0.4) is 0 Å². The van der Waals surface area contributed by atoms with E-state index in [9.17, 15) is 4.79 Å². The molecule has 15 heteroatoms. The van der Waals surface area contributed by atoms with Crippen LogP contribution >= 0.6 is 0 Å². The van der Waals surface area contributed by atoms with Crippen molar-refractivity contribution in [3.05, 3.63) is 35.9 Å². The number of esters is 1. The van der Waals surface area contributed by atoms with Crippen LogP contribution in [0.4, 0.5) is 0 Å². The van der Waals surface area contributed by atoms with E-state index in [0.29, 0.717) is 172 Å². The number of carbonyl (C=O) groups is 1. The highest BCUT2D eigenvalue weighted by molar-refractivity contribution is 5.69. The molecule has 0 heterocycles. The first kappa shape index (κ1) is 49.2. The zero-order valence-corrected chi connectivity index (χ0v) is 32.6. The minimum absolute atomic E-state index is 0.230. The van der Waals surface area contributed by atoms with Gasteiger partial charge >= 0.3 is 5.97 Å². The SMILES string of the molecule is CC(C)(C)OC(=O)CCOCCOCCOCCOCCOCCOCCOCCOCCOCCOCCOCCOCCOCc1ccccc1. The number of hydrogen-bond acceptors (Lipinski definition) is 15. The summed E-state index contributed by atoms with van der Waals surface area (Å²) in [5, 5.41) is 0. The average Bonchev–Trinajstić information content (AvgIpc) is 3.13. The van der Waals surface area contributed by atoms with E-state index in [-0.39, 0.29) is 12.4 Å². The maximum atomic E-state index is 11.6. The Hall–Kier alpha value is -1.83. The lowest BCUT2D eigenvalue weighted by Crippen LogP contribution is -2.24. The van der Waals surface area contributed by atoms with E-state index in [0.717, 1.165) is 5.56 Å². The summed E-state index contributed by atoms with van der Waals surface area (Å²) in [4.78, 5) is 11.6. The minimum atomic E-state index is -0.476. The van der Waals surface area contributed by atoms with Crippen LogP contribution in [0.1, 0.15) is 32.8 Å². The summed E-state index contributed by atoms with van der Waals surface area (Å²) in [6, 6.07) is 10.1. The molecule has 53 heavy (non-hydrogen) atoms. The standard InChI is InChI=1S/C38H68O15/c1-38(2,3)53-37(39)9-10-40-11-12-41-13-14-42-15-16-43-17-18-44-19-20-45-21-22-46-23-24-47-25-26-48-27-28-49-29-30-50-31-32-51-33-34-52-35-36-7-5-4-6-8-36/h4-8H,9-35H2,1-3H3. The summed E-state index contributed by atoms with van der Waals surface area (Å²) in [7, 11) is 0. The molecule has 0 amide bonds. The number of carbonyl (C=O) groups excluding carboxylic acids is 1. The Morgan fingerprint density at radius 3 is 0.887 bits per heavy atom. The van der Waals surface area contributed by atoms with Gasteiger partial charge in [0, 0.05) is 0 Å². The maximum Gasteiger partial charge on any atom is 0.308 e. The van der Waals surface area contributed by atoms with Gasteiger partial charge in [0.1, 0.15) is 5.60 Å². The van der Waals surface area contributed by atoms with Gasteiger partial charge in [0.2, 0.25) is 0 Å². The van der Waals surface area contributed by atoms with Crippen LogP contribution in [0, 0.1) is 0 Å². The van der Waals surface area contributed by atoms with E-state index in [1.54, 1.807) is 0 Å². The summed E-state index contributed by atoms with van der Waals surface area (Å²) in [5.41, 5.74) is 0.679. The number of rotatable bonds is 41. The first-order valence-corrected chi connectivity index (χ1v) is 18.7. The fourth-order valence-electron chi connectivity index (χ4n) is 3.95. The van der Waals surface area contributed by atoms with E-state index in [1.165, 1.54) is 0 Å². The predicted octanol–water partition coefficient (Wildman–Crippen LogP) is 3.13. The molecule has 0 N–H and O–H groups in total. The van der Waals surface area contributed by atoms with Crippen molar-refractivity contribution in [2.24, 2.45) is 0 Å². The molecule has 0 aliphatic heterocycles. The Kier molecular flexibility index (Phi) is 35.7. The van der Waals surface area contributed by atoms with Gasteiger partial charge in [-0.3, -0.25) is 4.79 Å². The quantitative estimate of drug-likeness (QED) is 0.0711. The normalized spacial score (nSPS) is 11.8. The van der Waals surface area contributed by atoms with Crippen molar-refractivity contribution < 1.29 is 71.1 Å². The van der Waals surface area contributed by atoms with Gasteiger partial charge in [0.25, 0.3) is 0 Å². The zero-order chi connectivity index (χ0) is 38.2. The number of benzene rings is 1. The molecule has 0 saturated carbocycles. The largest absolute Gasteiger partial charge is 0.460 e. The van der Waals surface area contributed by atoms with Crippen molar-refractivity contribution >= 4 is 5.97 Å². The molecule has 0 atom stereocenters. The van der Waals surface area contributed by atoms with Crippen molar-refractivity contribution in [3.63, 3.8) is 0 Å². The van der Waals surface area contributed by atoms with E-state index < -0.39 is 5.60 Å². The Bertz CT molecular complexity index is 888. The molecule has 0 aromatic heterocycles. The molecule has 0 aliphatic rings. The minimum Gasteiger partial charge on any atom is -0.460 e. The summed E-state index contributed by atoms with van der Waals surface area (Å²) >= 11 is 0. The average molecular weight is 765 g/mol. The smallest absolute Gasteiger partial charge is 0.308 e. The molecule has 1 aromatic rings. The predicted molar refractivity (Wildman–Crippen MR) is 196 cm³/mol. The van der Waals surface area contributed by atoms with E-state index in [1.807, 2.05) is 51.1 Å². The fourth-order valence-corrected chi connectivity index (χ4v) is 3.95. The van der Waals surface area contributed by atoms with Crippen LogP contribution in [0.2, 0.25) is 0 Å². The molecular weight excluding hydrogens is 696 g/mol. The summed E-state index contributed by atoms with van der Waals surface area (Å²) in [5.74, 6) is -0.266. The topological polar surface area (TPSA) is 146 Å². The van der Waals surface area contributed by atoms with Crippen LogP contribution in [-0.2, 0) is 77.7 Å². The molecule has 0 aliphatic carbocycles. The molecule has 0 unspecified atom stereocenters. The Morgan fingerprint density at radius 2 is 0.623 bits per heavy atom. The molecule has 0 spiro atoms. The summed E-state index contributed by atoms with van der Waals surface area (Å²) in [6.45, 7) is 18.4. The van der Waals surface area contributed by atoms with Gasteiger partial charge < -0.3 is 66.3 Å². The highest BCUT2D eigenvalue weighted by Gasteiger charge is 2.15. The summed E-state index contributed by atoms with van der Waals surface area (Å²) < 4.78 is 76.4. The van der Waals surface area contributed by atoms with Gasteiger partial charge in [-0.05, 0) is 26.3 Å². The van der Waals surface area contributed by atoms with Gasteiger partial charge in [0.15, 0.2) is 0 Å². The molecule has 310 valence electrons. The lowest BCUT2D eigenvalue weighted by Gasteiger charge is -2.19. The lowest BCUT2D eigenvalue weighted by molar-refractivity contribution is -0.156. The van der Waals surface area contributed by atoms with Gasteiger partial charge in [-0.2, -0.15) is 0 Å². The highest BCUT2D eigenvalue weighted by atomic mass is 16.6. The van der Waals surface area contributed by atoms with Gasteiger partial charge in [-0.15, -0.1) is 0 Å². The first-order chi connectivity index (χ1) is 26.0. The van der Waals surface area contributed by atoms with Gasteiger partial charge in [-0.25, -0.2) is 0 Å². The molecule has 15 nitrogen and oxygen atoms in total. The molecule has 0 saturated heterocycles. The van der Waals surface area contributed by atoms with Crippen molar-refractivity contribution in [2.45, 2.75) is 39.4 Å². The third kappa shape index (κ3) is 39.7. The number of ether oxygens (including phenoxy) is 14. The van der Waals surface area contributed by atoms with Crippen LogP contribution in [-0.4, -0.2) is 177 Å². The molecule has 0 bridgehead atoms. The second kappa shape index (κ2) is 38.4. The maximum absolute atomic E-state index is 11.6. The molecule has 1 aromatic carbocycles. The Balaban J connectivity index is 1.62. The Morgan fingerprint density at radius 1 is 0.377 bits per heavy atom. The van der Waals surface area contributed by atoms with Crippen LogP contribution in [0.15, 0.2) is 30.3 Å². The molecule has 1 rings (SSSR count). The lowest BCUT2D eigenvalue weighted by atomic mass is 10.2. The molecule has 0 fully saturated rings. The second-order valence-electron chi connectivity index (χ2n) is 12.2. The van der Waals surface area contributed by atoms with E-state index >= 15 is 0 Å². The van der Waals surface area contributed by atoms with E-state index in [4.69, 9.17) is 66.3 Å². The Labute approximate surface area is 317 Å². The van der Waals surface area contributed by atoms with Crippen LogP contribution in [0.25, 0.3) is 0 Å². The number of hydrogen-bond donors (Lipinski definition) is 0. The van der Waals surface area contributed by atoms with Gasteiger partial charge in [0.05, 0.1) is 178 Å². The van der Waals surface area contributed by atoms with Crippen molar-refractivity contribution in [2.75, 3.05) is 165 Å². The third-order valence-corrected chi connectivity index (χ3v) is 6.45. The highest BCUT2D eigenvalue weighted by Crippen LogP contribution is 2.08. The zero-order valence-electron chi connectivity index (χ0n) is 32.6. The van der Waals surface area contributed by atoms with Gasteiger partial charge in [-0.1, -0.05) is 30.3 Å². The molecule has 0 radical (unpaired) electrons. The van der Waals surface area contributed by atoms with Crippen molar-refractivity contribution in [1.82, 2.24) is 0 Å². The monoisotopic (exact) mass is 764 g/mol. The summed E-state index contributed by atoms with van der Waals surface area (Å²) in [6.07, 6.45) is 0.230. The van der Waals surface area contributed by atoms with Crippen molar-refractivity contribution in [1.29, 1.82) is 0 Å². The van der Waals surface area contributed by atoms with Crippen LogP contribution in [0.5, 0.6) is 0 Å². The van der Waals surface area contributed by atoms with Crippen LogP contribution < -0.4 is 0 Å². The fraction of sp³-hybridized carbons (Fsp3) is 0.816. The third-order valence-electron chi connectivity index (χ3n) is 6.45. The van der Waals surface area contributed by atoms with Crippen molar-refractivity contribution in [3.8, 4) is 0 Å². The van der Waals surface area contributed by atoms with E-state index in [2.05, 4.69) is 0 Å². The molecular formula is C38H68O15. The second-order valence-corrected chi connectivity index (χ2v) is 12.2.